The Morgan fingerprint density at radius 1 is 1.35 bits per heavy atom. The Balaban J connectivity index is 1.76. The van der Waals surface area contributed by atoms with Crippen LogP contribution in [0.25, 0.3) is 0 Å². The first-order valence-electron chi connectivity index (χ1n) is 6.52. The molecule has 0 radical (unpaired) electrons. The summed E-state index contributed by atoms with van der Waals surface area (Å²) in [7, 11) is 0. The lowest BCUT2D eigenvalue weighted by atomic mass is 10.2. The molecule has 0 aliphatic heterocycles. The topological polar surface area (TPSA) is 34.1 Å². The molecule has 1 aliphatic rings. The number of halogens is 2. The predicted molar refractivity (Wildman–Crippen MR) is 75.6 cm³/mol. The third-order valence-electron chi connectivity index (χ3n) is 3.11. The van der Waals surface area contributed by atoms with Crippen molar-refractivity contribution in [3.8, 4) is 11.6 Å². The normalized spacial score (nSPS) is 14.3. The largest absolute Gasteiger partial charge is 0.439 e. The van der Waals surface area contributed by atoms with E-state index >= 15 is 0 Å². The van der Waals surface area contributed by atoms with Crippen molar-refractivity contribution in [3.63, 3.8) is 0 Å². The van der Waals surface area contributed by atoms with Crippen molar-refractivity contribution in [1.29, 1.82) is 0 Å². The van der Waals surface area contributed by atoms with Crippen molar-refractivity contribution < 1.29 is 9.13 Å². The molecule has 3 rings (SSSR count). The lowest BCUT2D eigenvalue weighted by molar-refractivity contribution is 0.448. The molecule has 0 atom stereocenters. The first-order chi connectivity index (χ1) is 9.72. The summed E-state index contributed by atoms with van der Waals surface area (Å²) in [5.41, 5.74) is 0.953. The zero-order valence-electron chi connectivity index (χ0n) is 10.8. The molecule has 1 aliphatic carbocycles. The van der Waals surface area contributed by atoms with Crippen LogP contribution in [-0.4, -0.2) is 11.0 Å². The molecule has 1 heterocycles. The minimum absolute atomic E-state index is 0.0778. The highest BCUT2D eigenvalue weighted by Crippen LogP contribution is 2.27. The van der Waals surface area contributed by atoms with Gasteiger partial charge in [-0.05, 0) is 31.0 Å². The molecule has 1 aromatic carbocycles. The van der Waals surface area contributed by atoms with Crippen LogP contribution in [0.4, 0.5) is 4.39 Å². The van der Waals surface area contributed by atoms with Gasteiger partial charge in [0.2, 0.25) is 5.88 Å². The summed E-state index contributed by atoms with van der Waals surface area (Å²) in [6.45, 7) is 0.698. The van der Waals surface area contributed by atoms with Gasteiger partial charge in [-0.25, -0.2) is 9.37 Å². The quantitative estimate of drug-likeness (QED) is 0.907. The number of benzene rings is 1. The van der Waals surface area contributed by atoms with E-state index in [1.807, 2.05) is 12.1 Å². The second kappa shape index (κ2) is 5.77. The van der Waals surface area contributed by atoms with Gasteiger partial charge in [0.15, 0.2) is 0 Å². The van der Waals surface area contributed by atoms with E-state index in [2.05, 4.69) is 10.3 Å². The van der Waals surface area contributed by atoms with Crippen molar-refractivity contribution in [2.75, 3.05) is 0 Å². The third-order valence-corrected chi connectivity index (χ3v) is 3.42. The molecular weight excluding hydrogens is 279 g/mol. The van der Waals surface area contributed by atoms with Gasteiger partial charge < -0.3 is 10.1 Å². The van der Waals surface area contributed by atoms with Gasteiger partial charge in [-0.15, -0.1) is 0 Å². The summed E-state index contributed by atoms with van der Waals surface area (Å²) < 4.78 is 19.0. The first-order valence-corrected chi connectivity index (χ1v) is 6.90. The Morgan fingerprint density at radius 2 is 2.20 bits per heavy atom. The molecule has 0 spiro atoms. The van der Waals surface area contributed by atoms with E-state index in [9.17, 15) is 4.39 Å². The van der Waals surface area contributed by atoms with Crippen molar-refractivity contribution in [2.45, 2.75) is 25.4 Å². The number of nitrogens with zero attached hydrogens (tertiary/aromatic N) is 1. The van der Waals surface area contributed by atoms with Crippen LogP contribution >= 0.6 is 11.6 Å². The summed E-state index contributed by atoms with van der Waals surface area (Å²) in [5, 5.41) is 3.48. The molecule has 3 nitrogen and oxygen atoms in total. The number of nitrogens with one attached hydrogen (secondary N) is 1. The second-order valence-electron chi connectivity index (χ2n) is 4.80. The molecule has 0 amide bonds. The van der Waals surface area contributed by atoms with Gasteiger partial charge in [0.05, 0.1) is 5.02 Å². The maximum Gasteiger partial charge on any atom is 0.223 e. The summed E-state index contributed by atoms with van der Waals surface area (Å²) in [5.74, 6) is 0.374. The zero-order chi connectivity index (χ0) is 13.9. The van der Waals surface area contributed by atoms with Crippen LogP contribution in [0.5, 0.6) is 11.6 Å². The Kier molecular flexibility index (Phi) is 3.85. The lowest BCUT2D eigenvalue weighted by Gasteiger charge is -2.10. The Morgan fingerprint density at radius 3 is 2.95 bits per heavy atom. The number of hydrogen-bond acceptors (Lipinski definition) is 3. The Labute approximate surface area is 121 Å². The average Bonchev–Trinajstić information content (AvgIpc) is 3.26. The first kappa shape index (κ1) is 13.3. The molecule has 0 unspecified atom stereocenters. The molecule has 5 heteroatoms. The van der Waals surface area contributed by atoms with Crippen LogP contribution in [0.2, 0.25) is 5.02 Å². The SMILES string of the molecule is Fc1cc(Oc2ncccc2CNC2CC2)ccc1Cl. The van der Waals surface area contributed by atoms with Crippen LogP contribution in [0.15, 0.2) is 36.5 Å². The summed E-state index contributed by atoms with van der Waals surface area (Å²) >= 11 is 5.65. The molecule has 1 aromatic heterocycles. The van der Waals surface area contributed by atoms with Crippen molar-refractivity contribution in [3.05, 3.63) is 52.9 Å². The highest BCUT2D eigenvalue weighted by Gasteiger charge is 2.20. The predicted octanol–water partition coefficient (Wildman–Crippen LogP) is 3.92. The molecule has 2 aromatic rings. The van der Waals surface area contributed by atoms with E-state index in [1.165, 1.54) is 25.0 Å². The molecule has 20 heavy (non-hydrogen) atoms. The van der Waals surface area contributed by atoms with Crippen molar-refractivity contribution in [1.82, 2.24) is 10.3 Å². The number of hydrogen-bond donors (Lipinski definition) is 1. The van der Waals surface area contributed by atoms with Crippen molar-refractivity contribution >= 4 is 11.6 Å². The van der Waals surface area contributed by atoms with Gasteiger partial charge in [-0.2, -0.15) is 0 Å². The van der Waals surface area contributed by atoms with E-state index in [0.717, 1.165) is 5.56 Å². The number of ether oxygens (including phenoxy) is 1. The zero-order valence-corrected chi connectivity index (χ0v) is 11.5. The summed E-state index contributed by atoms with van der Waals surface area (Å²) in [4.78, 5) is 4.21. The fraction of sp³-hybridized carbons (Fsp3) is 0.267. The molecule has 104 valence electrons. The van der Waals surface area contributed by atoms with E-state index < -0.39 is 5.82 Å². The highest BCUT2D eigenvalue weighted by molar-refractivity contribution is 6.30. The van der Waals surface area contributed by atoms with Crippen LogP contribution < -0.4 is 10.1 Å². The average molecular weight is 293 g/mol. The van der Waals surface area contributed by atoms with Gasteiger partial charge in [-0.1, -0.05) is 17.7 Å². The molecule has 1 N–H and O–H groups in total. The van der Waals surface area contributed by atoms with Gasteiger partial charge in [0.25, 0.3) is 0 Å². The van der Waals surface area contributed by atoms with Gasteiger partial charge >= 0.3 is 0 Å². The van der Waals surface area contributed by atoms with Crippen LogP contribution in [0, 0.1) is 5.82 Å². The highest BCUT2D eigenvalue weighted by atomic mass is 35.5. The molecule has 0 bridgehead atoms. The third kappa shape index (κ3) is 3.26. The minimum atomic E-state index is -0.502. The molecule has 1 fully saturated rings. The maximum atomic E-state index is 13.4. The van der Waals surface area contributed by atoms with Crippen molar-refractivity contribution in [2.24, 2.45) is 0 Å². The Hall–Kier alpha value is -1.65. The van der Waals surface area contributed by atoms with E-state index in [1.54, 1.807) is 12.3 Å². The number of rotatable bonds is 5. The number of aromatic nitrogens is 1. The number of pyridine rings is 1. The molecule has 0 saturated heterocycles. The Bertz CT molecular complexity index is 617. The van der Waals surface area contributed by atoms with Gasteiger partial charge in [-0.3, -0.25) is 0 Å². The van der Waals surface area contributed by atoms with Crippen LogP contribution in [0.3, 0.4) is 0 Å². The minimum Gasteiger partial charge on any atom is -0.439 e. The fourth-order valence-electron chi connectivity index (χ4n) is 1.84. The smallest absolute Gasteiger partial charge is 0.223 e. The molecule has 1 saturated carbocycles. The van der Waals surface area contributed by atoms with Gasteiger partial charge in [0.1, 0.15) is 11.6 Å². The maximum absolute atomic E-state index is 13.4. The van der Waals surface area contributed by atoms with E-state index in [-0.39, 0.29) is 5.02 Å². The van der Waals surface area contributed by atoms with E-state index in [4.69, 9.17) is 16.3 Å². The molecular formula is C15H14ClFN2O. The van der Waals surface area contributed by atoms with Crippen LogP contribution in [-0.2, 0) is 6.54 Å². The summed E-state index contributed by atoms with van der Waals surface area (Å²) in [6, 6.07) is 8.77. The van der Waals surface area contributed by atoms with Gasteiger partial charge in [0, 0.05) is 30.4 Å². The fourth-order valence-corrected chi connectivity index (χ4v) is 1.96. The lowest BCUT2D eigenvalue weighted by Crippen LogP contribution is -2.16. The second-order valence-corrected chi connectivity index (χ2v) is 5.21. The standard InChI is InChI=1S/C15H14ClFN2O/c16-13-6-5-12(8-14(13)17)20-15-10(2-1-7-18-15)9-19-11-3-4-11/h1-2,5-8,11,19H,3-4,9H2. The van der Waals surface area contributed by atoms with Crippen LogP contribution in [0.1, 0.15) is 18.4 Å². The summed E-state index contributed by atoms with van der Waals surface area (Å²) in [6.07, 6.45) is 4.10. The monoisotopic (exact) mass is 292 g/mol. The van der Waals surface area contributed by atoms with E-state index in [0.29, 0.717) is 24.2 Å².